The van der Waals surface area contributed by atoms with Crippen LogP contribution in [0.3, 0.4) is 0 Å². The highest BCUT2D eigenvalue weighted by Crippen LogP contribution is 2.19. The monoisotopic (exact) mass is 292 g/mol. The minimum absolute atomic E-state index is 0.0227. The van der Waals surface area contributed by atoms with Crippen LogP contribution in [0.25, 0.3) is 0 Å². The quantitative estimate of drug-likeness (QED) is 0.729. The van der Waals surface area contributed by atoms with Crippen LogP contribution in [-0.4, -0.2) is 27.8 Å². The molecule has 0 spiro atoms. The number of thiazole rings is 1. The molecule has 1 aromatic heterocycles. The predicted octanol–water partition coefficient (Wildman–Crippen LogP) is 1.89. The van der Waals surface area contributed by atoms with Gasteiger partial charge in [0.05, 0.1) is 6.61 Å². The summed E-state index contributed by atoms with van der Waals surface area (Å²) in [4.78, 5) is 5.23. The molecule has 5 heteroatoms. The minimum atomic E-state index is -0.522. The number of aliphatic hydroxyl groups is 2. The molecule has 0 saturated carbocycles. The number of benzene rings is 1. The fourth-order valence-corrected chi connectivity index (χ4v) is 2.75. The molecule has 1 aromatic carbocycles. The smallest absolute Gasteiger partial charge is 0.121 e. The lowest BCUT2D eigenvalue weighted by Crippen LogP contribution is -2.33. The summed E-state index contributed by atoms with van der Waals surface area (Å²) in [6.07, 6.45) is 2.04. The van der Waals surface area contributed by atoms with E-state index in [9.17, 15) is 10.2 Å². The summed E-state index contributed by atoms with van der Waals surface area (Å²) >= 11 is 1.49. The van der Waals surface area contributed by atoms with Gasteiger partial charge >= 0.3 is 0 Å². The van der Waals surface area contributed by atoms with Crippen molar-refractivity contribution in [3.05, 3.63) is 52.0 Å². The molecular weight excluding hydrogens is 272 g/mol. The zero-order valence-electron chi connectivity index (χ0n) is 11.5. The van der Waals surface area contributed by atoms with Crippen molar-refractivity contribution in [1.29, 1.82) is 0 Å². The van der Waals surface area contributed by atoms with Gasteiger partial charge in [-0.3, -0.25) is 0 Å². The second-order valence-corrected chi connectivity index (χ2v) is 5.94. The highest BCUT2D eigenvalue weighted by Gasteiger charge is 2.10. The van der Waals surface area contributed by atoms with E-state index < -0.39 is 6.10 Å². The van der Waals surface area contributed by atoms with Gasteiger partial charge in [-0.1, -0.05) is 30.3 Å². The molecule has 0 saturated heterocycles. The Kier molecular flexibility index (Phi) is 5.67. The van der Waals surface area contributed by atoms with Crippen LogP contribution < -0.4 is 5.32 Å². The van der Waals surface area contributed by atoms with Crippen molar-refractivity contribution < 1.29 is 10.2 Å². The van der Waals surface area contributed by atoms with E-state index >= 15 is 0 Å². The predicted molar refractivity (Wildman–Crippen MR) is 80.6 cm³/mol. The standard InChI is InChI=1S/C15H20N2O2S/c1-11(19)15-17-9-14(20-15)8-16-13(10-18)7-12-5-3-2-4-6-12/h2-6,9,11,13,16,18-19H,7-8,10H2,1H3/t11?,13-/m1/s1. The Morgan fingerprint density at radius 3 is 2.65 bits per heavy atom. The van der Waals surface area contributed by atoms with Crippen LogP contribution in [-0.2, 0) is 13.0 Å². The number of hydrogen-bond donors (Lipinski definition) is 3. The molecule has 3 N–H and O–H groups in total. The number of aliphatic hydroxyl groups excluding tert-OH is 2. The normalized spacial score (nSPS) is 14.2. The highest BCUT2D eigenvalue weighted by atomic mass is 32.1. The molecule has 2 atom stereocenters. The summed E-state index contributed by atoms with van der Waals surface area (Å²) in [6, 6.07) is 10.1. The minimum Gasteiger partial charge on any atom is -0.395 e. The molecule has 0 aliphatic rings. The second-order valence-electron chi connectivity index (χ2n) is 4.79. The largest absolute Gasteiger partial charge is 0.395 e. The van der Waals surface area contributed by atoms with E-state index in [-0.39, 0.29) is 12.6 Å². The number of nitrogens with zero attached hydrogens (tertiary/aromatic N) is 1. The van der Waals surface area contributed by atoms with Gasteiger partial charge in [0.15, 0.2) is 0 Å². The van der Waals surface area contributed by atoms with E-state index in [0.29, 0.717) is 6.54 Å². The van der Waals surface area contributed by atoms with E-state index in [0.717, 1.165) is 16.3 Å². The number of hydrogen-bond acceptors (Lipinski definition) is 5. The molecule has 20 heavy (non-hydrogen) atoms. The van der Waals surface area contributed by atoms with Crippen molar-refractivity contribution in [2.24, 2.45) is 0 Å². The van der Waals surface area contributed by atoms with Gasteiger partial charge in [-0.15, -0.1) is 11.3 Å². The Morgan fingerprint density at radius 2 is 2.05 bits per heavy atom. The van der Waals surface area contributed by atoms with Crippen molar-refractivity contribution in [3.63, 3.8) is 0 Å². The van der Waals surface area contributed by atoms with Gasteiger partial charge in [0.2, 0.25) is 0 Å². The lowest BCUT2D eigenvalue weighted by molar-refractivity contribution is 0.199. The van der Waals surface area contributed by atoms with Crippen molar-refractivity contribution in [2.75, 3.05) is 6.61 Å². The number of nitrogens with one attached hydrogen (secondary N) is 1. The number of aromatic nitrogens is 1. The summed E-state index contributed by atoms with van der Waals surface area (Å²) in [5, 5.41) is 22.9. The molecule has 1 heterocycles. The topological polar surface area (TPSA) is 65.4 Å². The Bertz CT molecular complexity index is 514. The molecule has 108 valence electrons. The van der Waals surface area contributed by atoms with Crippen LogP contribution in [0.4, 0.5) is 0 Å². The Balaban J connectivity index is 1.87. The zero-order valence-corrected chi connectivity index (χ0v) is 12.3. The van der Waals surface area contributed by atoms with E-state index in [1.54, 1.807) is 13.1 Å². The maximum atomic E-state index is 9.44. The van der Waals surface area contributed by atoms with Crippen LogP contribution in [0.2, 0.25) is 0 Å². The maximum absolute atomic E-state index is 9.44. The molecule has 0 fully saturated rings. The van der Waals surface area contributed by atoms with Crippen molar-refractivity contribution in [3.8, 4) is 0 Å². The fraction of sp³-hybridized carbons (Fsp3) is 0.400. The molecule has 0 amide bonds. The Hall–Kier alpha value is -1.27. The third kappa shape index (κ3) is 4.38. The molecular formula is C15H20N2O2S. The maximum Gasteiger partial charge on any atom is 0.121 e. The first kappa shape index (κ1) is 15.1. The second kappa shape index (κ2) is 7.50. The van der Waals surface area contributed by atoms with Gasteiger partial charge in [-0.25, -0.2) is 4.98 Å². The van der Waals surface area contributed by atoms with Crippen LogP contribution in [0.1, 0.15) is 28.5 Å². The van der Waals surface area contributed by atoms with Gasteiger partial charge in [0, 0.05) is 23.7 Å². The van der Waals surface area contributed by atoms with E-state index in [1.807, 2.05) is 18.2 Å². The van der Waals surface area contributed by atoms with Crippen LogP contribution in [0.5, 0.6) is 0 Å². The summed E-state index contributed by atoms with van der Waals surface area (Å²) in [7, 11) is 0. The lowest BCUT2D eigenvalue weighted by Gasteiger charge is -2.15. The summed E-state index contributed by atoms with van der Waals surface area (Å²) in [5.41, 5.74) is 1.20. The lowest BCUT2D eigenvalue weighted by atomic mass is 10.1. The Morgan fingerprint density at radius 1 is 1.30 bits per heavy atom. The molecule has 4 nitrogen and oxygen atoms in total. The van der Waals surface area contributed by atoms with E-state index in [2.05, 4.69) is 22.4 Å². The van der Waals surface area contributed by atoms with Gasteiger partial charge < -0.3 is 15.5 Å². The molecule has 1 unspecified atom stereocenters. The molecule has 0 radical (unpaired) electrons. The average Bonchev–Trinajstić information content (AvgIpc) is 2.93. The average molecular weight is 292 g/mol. The van der Waals surface area contributed by atoms with Crippen molar-refractivity contribution >= 4 is 11.3 Å². The van der Waals surface area contributed by atoms with Crippen LogP contribution in [0, 0.1) is 0 Å². The molecule has 0 aliphatic carbocycles. The van der Waals surface area contributed by atoms with Crippen molar-refractivity contribution in [1.82, 2.24) is 10.3 Å². The van der Waals surface area contributed by atoms with Crippen molar-refractivity contribution in [2.45, 2.75) is 32.0 Å². The number of rotatable bonds is 7. The summed E-state index contributed by atoms with van der Waals surface area (Å²) in [5.74, 6) is 0. The van der Waals surface area contributed by atoms with Crippen LogP contribution in [0.15, 0.2) is 36.5 Å². The molecule has 2 aromatic rings. The third-order valence-electron chi connectivity index (χ3n) is 3.04. The third-order valence-corrected chi connectivity index (χ3v) is 4.21. The van der Waals surface area contributed by atoms with Crippen LogP contribution >= 0.6 is 11.3 Å². The molecule has 0 bridgehead atoms. The van der Waals surface area contributed by atoms with Gasteiger partial charge in [0.1, 0.15) is 11.1 Å². The SMILES string of the molecule is CC(O)c1ncc(CN[C@@H](CO)Cc2ccccc2)s1. The summed E-state index contributed by atoms with van der Waals surface area (Å²) < 4.78 is 0. The summed E-state index contributed by atoms with van der Waals surface area (Å²) in [6.45, 7) is 2.46. The van der Waals surface area contributed by atoms with Gasteiger partial charge in [0.25, 0.3) is 0 Å². The zero-order chi connectivity index (χ0) is 14.4. The van der Waals surface area contributed by atoms with Gasteiger partial charge in [-0.05, 0) is 18.9 Å². The highest BCUT2D eigenvalue weighted by molar-refractivity contribution is 7.11. The van der Waals surface area contributed by atoms with E-state index in [1.165, 1.54) is 16.9 Å². The van der Waals surface area contributed by atoms with Gasteiger partial charge in [-0.2, -0.15) is 0 Å². The Labute approximate surface area is 123 Å². The fourth-order valence-electron chi connectivity index (χ4n) is 1.94. The first-order valence-electron chi connectivity index (χ1n) is 6.70. The van der Waals surface area contributed by atoms with E-state index in [4.69, 9.17) is 0 Å². The molecule has 2 rings (SSSR count). The first-order chi connectivity index (χ1) is 9.69. The first-order valence-corrected chi connectivity index (χ1v) is 7.51. The molecule has 0 aliphatic heterocycles.